The molecule has 0 amide bonds. The number of ether oxygens (including phenoxy) is 1. The molecule has 1 aliphatic rings. The maximum atomic E-state index is 13.5. The molecule has 0 aliphatic carbocycles. The van der Waals surface area contributed by atoms with Gasteiger partial charge in [-0.3, -0.25) is 4.79 Å². The number of carboxylic acid groups (broad SMARTS) is 1. The minimum Gasteiger partial charge on any atom is -0.494 e. The van der Waals surface area contributed by atoms with Gasteiger partial charge in [0.1, 0.15) is 17.1 Å². The molecule has 0 unspecified atom stereocenters. The number of likely N-dealkylation sites (tertiary alicyclic amines) is 1. The molecular weight excluding hydrogens is 430 g/mol. The van der Waals surface area contributed by atoms with Crippen LogP contribution in [0.5, 0.6) is 5.75 Å². The van der Waals surface area contributed by atoms with Crippen LogP contribution in [0.15, 0.2) is 46.9 Å². The lowest BCUT2D eigenvalue weighted by Gasteiger charge is -2.26. The van der Waals surface area contributed by atoms with Crippen LogP contribution in [0.4, 0.5) is 0 Å². The van der Waals surface area contributed by atoms with Crippen molar-refractivity contribution in [2.75, 3.05) is 26.2 Å². The van der Waals surface area contributed by atoms with Gasteiger partial charge in [-0.15, -0.1) is 0 Å². The van der Waals surface area contributed by atoms with E-state index < -0.39 is 5.97 Å². The summed E-state index contributed by atoms with van der Waals surface area (Å²) in [6.45, 7) is 6.13. The molecule has 1 N–H and O–H groups in total. The number of hydrogen-bond acceptors (Lipinski definition) is 5. The average molecular weight is 464 g/mol. The van der Waals surface area contributed by atoms with Gasteiger partial charge >= 0.3 is 5.97 Å². The summed E-state index contributed by atoms with van der Waals surface area (Å²) < 4.78 is 11.8. The Balaban J connectivity index is 1.49. The van der Waals surface area contributed by atoms with Gasteiger partial charge in [0, 0.05) is 23.9 Å². The van der Waals surface area contributed by atoms with Gasteiger partial charge in [0.25, 0.3) is 0 Å². The molecule has 2 heterocycles. The molecule has 1 fully saturated rings. The topological polar surface area (TPSA) is 80.0 Å². The highest BCUT2D eigenvalue weighted by atomic mass is 16.5. The van der Waals surface area contributed by atoms with Crippen LogP contribution in [0.2, 0.25) is 0 Å². The van der Waals surface area contributed by atoms with Gasteiger partial charge in [-0.05, 0) is 75.2 Å². The largest absolute Gasteiger partial charge is 0.494 e. The molecule has 34 heavy (non-hydrogen) atoms. The third-order valence-electron chi connectivity index (χ3n) is 6.46. The van der Waals surface area contributed by atoms with E-state index in [-0.39, 0.29) is 11.3 Å². The van der Waals surface area contributed by atoms with Crippen LogP contribution < -0.4 is 4.74 Å². The zero-order valence-corrected chi connectivity index (χ0v) is 19.8. The fourth-order valence-electron chi connectivity index (χ4n) is 4.64. The summed E-state index contributed by atoms with van der Waals surface area (Å²) in [4.78, 5) is 27.9. The molecule has 0 radical (unpaired) electrons. The lowest BCUT2D eigenvalue weighted by atomic mass is 9.96. The van der Waals surface area contributed by atoms with Gasteiger partial charge in [0.2, 0.25) is 0 Å². The van der Waals surface area contributed by atoms with Crippen molar-refractivity contribution in [3.8, 4) is 5.75 Å². The smallest absolute Gasteiger partial charge is 0.336 e. The Labute approximate surface area is 200 Å². The monoisotopic (exact) mass is 463 g/mol. The molecule has 6 heteroatoms. The number of rotatable bonds is 11. The number of benzene rings is 2. The second kappa shape index (κ2) is 11.3. The van der Waals surface area contributed by atoms with E-state index in [1.807, 2.05) is 0 Å². The van der Waals surface area contributed by atoms with E-state index >= 15 is 0 Å². The highest BCUT2D eigenvalue weighted by Crippen LogP contribution is 2.32. The Kier molecular flexibility index (Phi) is 8.01. The fourth-order valence-corrected chi connectivity index (χ4v) is 4.64. The van der Waals surface area contributed by atoms with Crippen molar-refractivity contribution in [3.05, 3.63) is 64.9 Å². The molecule has 6 nitrogen and oxygen atoms in total. The Morgan fingerprint density at radius 1 is 1.03 bits per heavy atom. The third kappa shape index (κ3) is 5.50. The number of piperidine rings is 1. The Morgan fingerprint density at radius 3 is 2.50 bits per heavy atom. The predicted octanol–water partition coefficient (Wildman–Crippen LogP) is 5.96. The number of aromatic carboxylic acids is 1. The first-order valence-electron chi connectivity index (χ1n) is 12.4. The minimum atomic E-state index is -1.07. The van der Waals surface area contributed by atoms with Crippen molar-refractivity contribution >= 4 is 22.7 Å². The molecule has 0 spiro atoms. The molecule has 0 bridgehead atoms. The third-order valence-corrected chi connectivity index (χ3v) is 6.46. The van der Waals surface area contributed by atoms with Crippen molar-refractivity contribution in [1.82, 2.24) is 4.90 Å². The SMILES string of the molecule is CCCCc1oc2cccc(C(=O)O)c2c1C(=O)c1ccc(OCCCN2CCCCC2)cc1. The standard InChI is InChI=1S/C28H33NO5/c1-2-3-10-24-26(25-22(28(31)32)9-7-11-23(25)34-24)27(30)20-12-14-21(15-13-20)33-19-8-18-29-16-5-4-6-17-29/h7,9,11-15H,2-6,8,10,16-19H2,1H3,(H,31,32). The quantitative estimate of drug-likeness (QED) is 0.279. The van der Waals surface area contributed by atoms with E-state index in [0.717, 1.165) is 31.6 Å². The van der Waals surface area contributed by atoms with E-state index in [0.29, 0.717) is 40.9 Å². The predicted molar refractivity (Wildman–Crippen MR) is 132 cm³/mol. The number of fused-ring (bicyclic) bond motifs is 1. The number of carboxylic acids is 1. The molecule has 0 saturated carbocycles. The van der Waals surface area contributed by atoms with Crippen LogP contribution in [0.3, 0.4) is 0 Å². The van der Waals surface area contributed by atoms with Gasteiger partial charge < -0.3 is 19.2 Å². The number of unbranched alkanes of at least 4 members (excludes halogenated alkanes) is 1. The first kappa shape index (κ1) is 24.0. The Morgan fingerprint density at radius 2 is 1.79 bits per heavy atom. The number of aryl methyl sites for hydroxylation is 1. The second-order valence-corrected chi connectivity index (χ2v) is 8.95. The number of carbonyl (C=O) groups excluding carboxylic acids is 1. The fraction of sp³-hybridized carbons (Fsp3) is 0.429. The van der Waals surface area contributed by atoms with Crippen LogP contribution in [0.25, 0.3) is 11.0 Å². The Bertz CT molecular complexity index is 1130. The first-order valence-corrected chi connectivity index (χ1v) is 12.4. The molecule has 0 atom stereocenters. The molecule has 2 aromatic carbocycles. The van der Waals surface area contributed by atoms with Crippen LogP contribution >= 0.6 is 0 Å². The average Bonchev–Trinajstić information content (AvgIpc) is 3.24. The zero-order chi connectivity index (χ0) is 23.9. The van der Waals surface area contributed by atoms with Crippen LogP contribution in [-0.2, 0) is 6.42 Å². The molecule has 1 aliphatic heterocycles. The lowest BCUT2D eigenvalue weighted by molar-refractivity contribution is 0.0699. The molecule has 4 rings (SSSR count). The maximum Gasteiger partial charge on any atom is 0.336 e. The summed E-state index contributed by atoms with van der Waals surface area (Å²) in [5.41, 5.74) is 1.36. The number of hydrogen-bond donors (Lipinski definition) is 1. The van der Waals surface area contributed by atoms with Gasteiger partial charge in [-0.2, -0.15) is 0 Å². The number of ketones is 1. The van der Waals surface area contributed by atoms with Crippen molar-refractivity contribution in [2.24, 2.45) is 0 Å². The van der Waals surface area contributed by atoms with Crippen LogP contribution in [0, 0.1) is 0 Å². The van der Waals surface area contributed by atoms with E-state index in [1.165, 1.54) is 38.4 Å². The van der Waals surface area contributed by atoms with Gasteiger partial charge in [0.15, 0.2) is 5.78 Å². The summed E-state index contributed by atoms with van der Waals surface area (Å²) in [5, 5.41) is 10.1. The van der Waals surface area contributed by atoms with Crippen molar-refractivity contribution in [3.63, 3.8) is 0 Å². The van der Waals surface area contributed by atoms with E-state index in [2.05, 4.69) is 11.8 Å². The van der Waals surface area contributed by atoms with Gasteiger partial charge in [0.05, 0.1) is 17.7 Å². The van der Waals surface area contributed by atoms with Gasteiger partial charge in [-0.1, -0.05) is 25.8 Å². The molecule has 3 aromatic rings. The van der Waals surface area contributed by atoms with Crippen molar-refractivity contribution in [1.29, 1.82) is 0 Å². The van der Waals surface area contributed by atoms with E-state index in [4.69, 9.17) is 9.15 Å². The zero-order valence-electron chi connectivity index (χ0n) is 19.8. The number of carbonyl (C=O) groups is 2. The summed E-state index contributed by atoms with van der Waals surface area (Å²) in [7, 11) is 0. The first-order chi connectivity index (χ1) is 16.6. The minimum absolute atomic E-state index is 0.0843. The summed E-state index contributed by atoms with van der Waals surface area (Å²) in [5.74, 6) is -0.0238. The summed E-state index contributed by atoms with van der Waals surface area (Å²) in [6, 6.07) is 12.0. The highest BCUT2D eigenvalue weighted by molar-refractivity contribution is 6.20. The maximum absolute atomic E-state index is 13.5. The van der Waals surface area contributed by atoms with E-state index in [9.17, 15) is 14.7 Å². The lowest BCUT2D eigenvalue weighted by Crippen LogP contribution is -2.31. The molecule has 1 saturated heterocycles. The van der Waals surface area contributed by atoms with Crippen molar-refractivity contribution < 1.29 is 23.8 Å². The van der Waals surface area contributed by atoms with E-state index in [1.54, 1.807) is 36.4 Å². The second-order valence-electron chi connectivity index (χ2n) is 8.95. The number of nitrogens with zero attached hydrogens (tertiary/aromatic N) is 1. The molecule has 180 valence electrons. The van der Waals surface area contributed by atoms with Crippen LogP contribution in [0.1, 0.15) is 77.5 Å². The van der Waals surface area contributed by atoms with Gasteiger partial charge in [-0.25, -0.2) is 4.79 Å². The summed E-state index contributed by atoms with van der Waals surface area (Å²) >= 11 is 0. The normalized spacial score (nSPS) is 14.4. The number of furan rings is 1. The van der Waals surface area contributed by atoms with Crippen molar-refractivity contribution in [2.45, 2.75) is 51.9 Å². The molecule has 1 aromatic heterocycles. The molecular formula is C28H33NO5. The highest BCUT2D eigenvalue weighted by Gasteiger charge is 2.25. The Hall–Kier alpha value is -3.12. The summed E-state index contributed by atoms with van der Waals surface area (Å²) in [6.07, 6.45) is 7.27. The van der Waals surface area contributed by atoms with Crippen LogP contribution in [-0.4, -0.2) is 48.0 Å².